The number of benzene rings is 1. The highest BCUT2D eigenvalue weighted by atomic mass is 16.5. The molecule has 5 rings (SSSR count). The highest BCUT2D eigenvalue weighted by Crippen LogP contribution is 2.40. The van der Waals surface area contributed by atoms with Crippen LogP contribution in [0.4, 0.5) is 5.82 Å². The Labute approximate surface area is 168 Å². The van der Waals surface area contributed by atoms with Crippen LogP contribution in [0.25, 0.3) is 5.69 Å². The Bertz CT molecular complexity index is 1000. The van der Waals surface area contributed by atoms with E-state index in [1.54, 1.807) is 25.7 Å². The molecule has 3 aromatic rings. The minimum Gasteiger partial charge on any atom is -0.495 e. The standard InChI is InChI=1S/C21H22N6O2/c1-29-15-6-7-20(22-12-15)25-17-10-14-11-19(17)26(13-14)21(28)16-4-2-3-5-18(16)27-23-8-9-24-27/h2-9,12,14,17,19H,10-11,13H2,1H3,(H,22,25)/t14-,17+,19-/m0/s1. The molecule has 1 aliphatic heterocycles. The van der Waals surface area contributed by atoms with Crippen LogP contribution in [0, 0.1) is 5.92 Å². The molecule has 2 fully saturated rings. The fourth-order valence-corrected chi connectivity index (χ4v) is 4.51. The van der Waals surface area contributed by atoms with Gasteiger partial charge in [-0.2, -0.15) is 15.0 Å². The fraction of sp³-hybridized carbons (Fsp3) is 0.333. The molecule has 1 saturated carbocycles. The highest BCUT2D eigenvalue weighted by molar-refractivity contribution is 5.98. The summed E-state index contributed by atoms with van der Waals surface area (Å²) >= 11 is 0. The summed E-state index contributed by atoms with van der Waals surface area (Å²) < 4.78 is 5.17. The Balaban J connectivity index is 1.37. The third-order valence-corrected chi connectivity index (χ3v) is 5.82. The first-order valence-electron chi connectivity index (χ1n) is 9.76. The zero-order valence-electron chi connectivity index (χ0n) is 16.1. The largest absolute Gasteiger partial charge is 0.495 e. The number of likely N-dealkylation sites (tertiary alicyclic amines) is 1. The van der Waals surface area contributed by atoms with Gasteiger partial charge in [0.15, 0.2) is 0 Å². The van der Waals surface area contributed by atoms with Crippen LogP contribution in [-0.4, -0.2) is 56.5 Å². The first-order valence-corrected chi connectivity index (χ1v) is 9.76. The number of anilines is 1. The van der Waals surface area contributed by atoms with Gasteiger partial charge >= 0.3 is 0 Å². The first-order chi connectivity index (χ1) is 14.2. The van der Waals surface area contributed by atoms with Crippen molar-refractivity contribution in [2.75, 3.05) is 19.0 Å². The maximum atomic E-state index is 13.4. The predicted molar refractivity (Wildman–Crippen MR) is 107 cm³/mol. The topological polar surface area (TPSA) is 85.2 Å². The number of para-hydroxylation sites is 1. The molecule has 1 saturated heterocycles. The van der Waals surface area contributed by atoms with Crippen molar-refractivity contribution in [3.05, 3.63) is 60.6 Å². The van der Waals surface area contributed by atoms with E-state index in [2.05, 4.69) is 20.5 Å². The van der Waals surface area contributed by atoms with E-state index in [0.717, 1.165) is 31.0 Å². The van der Waals surface area contributed by atoms with E-state index in [1.807, 2.05) is 41.3 Å². The number of nitrogens with zero attached hydrogens (tertiary/aromatic N) is 5. The number of ether oxygens (including phenoxy) is 1. The molecular formula is C21H22N6O2. The number of pyridine rings is 1. The molecule has 8 nitrogen and oxygen atoms in total. The average molecular weight is 390 g/mol. The van der Waals surface area contributed by atoms with Crippen LogP contribution in [0.15, 0.2) is 55.0 Å². The molecule has 0 radical (unpaired) electrons. The molecule has 2 bridgehead atoms. The number of carbonyl (C=O) groups is 1. The SMILES string of the molecule is COc1ccc(N[C@@H]2C[C@H]3C[C@@H]2N(C(=O)c2ccccc2-n2nccn2)C3)nc1. The summed E-state index contributed by atoms with van der Waals surface area (Å²) in [5, 5.41) is 11.9. The number of fused-ring (bicyclic) bond motifs is 2. The van der Waals surface area contributed by atoms with Crippen LogP contribution in [0.5, 0.6) is 5.75 Å². The summed E-state index contributed by atoms with van der Waals surface area (Å²) in [6, 6.07) is 11.6. The van der Waals surface area contributed by atoms with Gasteiger partial charge in [-0.1, -0.05) is 12.1 Å². The maximum absolute atomic E-state index is 13.4. The number of hydrogen-bond donors (Lipinski definition) is 1. The van der Waals surface area contributed by atoms with E-state index in [-0.39, 0.29) is 18.0 Å². The van der Waals surface area contributed by atoms with Crippen molar-refractivity contribution in [2.24, 2.45) is 5.92 Å². The Morgan fingerprint density at radius 1 is 1.14 bits per heavy atom. The normalized spacial score (nSPS) is 22.7. The van der Waals surface area contributed by atoms with Crippen molar-refractivity contribution >= 4 is 11.7 Å². The number of piperidine rings is 1. The number of aromatic nitrogens is 4. The van der Waals surface area contributed by atoms with Crippen LogP contribution in [-0.2, 0) is 0 Å². The molecule has 2 aromatic heterocycles. The molecule has 1 aromatic carbocycles. The van der Waals surface area contributed by atoms with Crippen molar-refractivity contribution in [3.63, 3.8) is 0 Å². The Morgan fingerprint density at radius 3 is 2.69 bits per heavy atom. The minimum absolute atomic E-state index is 0.0274. The van der Waals surface area contributed by atoms with Gasteiger partial charge in [-0.3, -0.25) is 4.79 Å². The second kappa shape index (κ2) is 7.20. The number of amides is 1. The summed E-state index contributed by atoms with van der Waals surface area (Å²) in [4.78, 5) is 21.3. The molecule has 148 valence electrons. The van der Waals surface area contributed by atoms with Gasteiger partial charge in [-0.15, -0.1) is 0 Å². The summed E-state index contributed by atoms with van der Waals surface area (Å²) in [5.74, 6) is 2.07. The van der Waals surface area contributed by atoms with Crippen molar-refractivity contribution in [3.8, 4) is 11.4 Å². The van der Waals surface area contributed by atoms with Gasteiger partial charge in [0.05, 0.1) is 43.0 Å². The second-order valence-electron chi connectivity index (χ2n) is 7.53. The molecule has 1 N–H and O–H groups in total. The molecule has 2 aliphatic rings. The van der Waals surface area contributed by atoms with E-state index in [4.69, 9.17) is 4.74 Å². The van der Waals surface area contributed by atoms with E-state index in [9.17, 15) is 4.79 Å². The number of rotatable bonds is 5. The lowest BCUT2D eigenvalue weighted by Crippen LogP contribution is -2.48. The lowest BCUT2D eigenvalue weighted by atomic mass is 10.0. The smallest absolute Gasteiger partial charge is 0.256 e. The Morgan fingerprint density at radius 2 is 1.97 bits per heavy atom. The van der Waals surface area contributed by atoms with E-state index < -0.39 is 0 Å². The van der Waals surface area contributed by atoms with Gasteiger partial charge in [0.25, 0.3) is 5.91 Å². The van der Waals surface area contributed by atoms with Gasteiger partial charge in [0.1, 0.15) is 11.6 Å². The molecule has 1 amide bonds. The van der Waals surface area contributed by atoms with Gasteiger partial charge < -0.3 is 15.0 Å². The lowest BCUT2D eigenvalue weighted by molar-refractivity contribution is 0.0691. The molecule has 0 spiro atoms. The second-order valence-corrected chi connectivity index (χ2v) is 7.53. The lowest BCUT2D eigenvalue weighted by Gasteiger charge is -2.34. The summed E-state index contributed by atoms with van der Waals surface area (Å²) in [6.07, 6.45) is 6.99. The molecule has 3 heterocycles. The molecule has 3 atom stereocenters. The zero-order valence-corrected chi connectivity index (χ0v) is 16.1. The average Bonchev–Trinajstić information content (AvgIpc) is 3.51. The van der Waals surface area contributed by atoms with Crippen molar-refractivity contribution in [2.45, 2.75) is 24.9 Å². The number of methoxy groups -OCH3 is 1. The highest BCUT2D eigenvalue weighted by Gasteiger charge is 2.47. The third kappa shape index (κ3) is 3.20. The van der Waals surface area contributed by atoms with Crippen LogP contribution < -0.4 is 10.1 Å². The van der Waals surface area contributed by atoms with Crippen LogP contribution in [0.3, 0.4) is 0 Å². The quantitative estimate of drug-likeness (QED) is 0.720. The summed E-state index contributed by atoms with van der Waals surface area (Å²) in [6.45, 7) is 0.790. The number of hydrogen-bond acceptors (Lipinski definition) is 6. The molecule has 8 heteroatoms. The fourth-order valence-electron chi connectivity index (χ4n) is 4.51. The van der Waals surface area contributed by atoms with E-state index in [0.29, 0.717) is 17.2 Å². The van der Waals surface area contributed by atoms with Crippen LogP contribution in [0.2, 0.25) is 0 Å². The van der Waals surface area contributed by atoms with Crippen LogP contribution in [0.1, 0.15) is 23.2 Å². The summed E-state index contributed by atoms with van der Waals surface area (Å²) in [5.41, 5.74) is 1.32. The third-order valence-electron chi connectivity index (χ3n) is 5.82. The molecule has 1 aliphatic carbocycles. The van der Waals surface area contributed by atoms with Crippen LogP contribution >= 0.6 is 0 Å². The van der Waals surface area contributed by atoms with Gasteiger partial charge in [-0.25, -0.2) is 4.98 Å². The summed E-state index contributed by atoms with van der Waals surface area (Å²) in [7, 11) is 1.63. The maximum Gasteiger partial charge on any atom is 0.256 e. The van der Waals surface area contributed by atoms with Crippen molar-refractivity contribution in [1.82, 2.24) is 24.9 Å². The number of nitrogens with one attached hydrogen (secondary N) is 1. The monoisotopic (exact) mass is 390 g/mol. The molecule has 0 unspecified atom stereocenters. The van der Waals surface area contributed by atoms with Crippen molar-refractivity contribution in [1.29, 1.82) is 0 Å². The Hall–Kier alpha value is -3.42. The van der Waals surface area contributed by atoms with Gasteiger partial charge in [-0.05, 0) is 43.0 Å². The Kier molecular flexibility index (Phi) is 4.38. The minimum atomic E-state index is 0.0274. The van der Waals surface area contributed by atoms with Crippen molar-refractivity contribution < 1.29 is 9.53 Å². The van der Waals surface area contributed by atoms with E-state index in [1.165, 1.54) is 4.80 Å². The molecular weight excluding hydrogens is 368 g/mol. The van der Waals surface area contributed by atoms with E-state index >= 15 is 0 Å². The van der Waals surface area contributed by atoms with Gasteiger partial charge in [0.2, 0.25) is 0 Å². The first kappa shape index (κ1) is 17.7. The van der Waals surface area contributed by atoms with Gasteiger partial charge in [0, 0.05) is 12.6 Å². The predicted octanol–water partition coefficient (Wildman–Crippen LogP) is 2.39. The zero-order chi connectivity index (χ0) is 19.8. The number of carbonyl (C=O) groups excluding carboxylic acids is 1. The molecule has 29 heavy (non-hydrogen) atoms.